The molecular formula is C32H18N2S6. The summed E-state index contributed by atoms with van der Waals surface area (Å²) >= 11 is 26.9. The third kappa shape index (κ3) is 3.29. The number of thiophene rings is 2. The molecule has 192 valence electrons. The van der Waals surface area contributed by atoms with Gasteiger partial charge < -0.3 is 9.13 Å². The van der Waals surface area contributed by atoms with Crippen LogP contribution < -0.4 is 0 Å². The quantitative estimate of drug-likeness (QED) is 0.141. The summed E-state index contributed by atoms with van der Waals surface area (Å²) in [5, 5.41) is 0. The molecule has 2 nitrogen and oxygen atoms in total. The van der Waals surface area contributed by atoms with Crippen LogP contribution in [0.25, 0.3) is 42.8 Å². The molecule has 2 aliphatic rings. The summed E-state index contributed by atoms with van der Waals surface area (Å²) in [6.07, 6.45) is 4.33. The smallest absolute Gasteiger partial charge is 0.0854 e. The zero-order chi connectivity index (χ0) is 27.4. The van der Waals surface area contributed by atoms with Gasteiger partial charge in [0.15, 0.2) is 0 Å². The third-order valence-electron chi connectivity index (χ3n) is 7.91. The summed E-state index contributed by atoms with van der Waals surface area (Å²) in [4.78, 5) is 4.52. The van der Waals surface area contributed by atoms with Gasteiger partial charge in [-0.25, -0.2) is 0 Å². The van der Waals surface area contributed by atoms with E-state index in [4.69, 9.17) is 48.9 Å². The highest BCUT2D eigenvalue weighted by Crippen LogP contribution is 2.45. The molecule has 0 unspecified atom stereocenters. The van der Waals surface area contributed by atoms with Crippen LogP contribution in [0.5, 0.6) is 0 Å². The lowest BCUT2D eigenvalue weighted by atomic mass is 10.1. The topological polar surface area (TPSA) is 9.86 Å². The summed E-state index contributed by atoms with van der Waals surface area (Å²) in [7, 11) is 4.29. The minimum absolute atomic E-state index is 0.834. The molecule has 8 heteroatoms. The summed E-state index contributed by atoms with van der Waals surface area (Å²) in [6, 6.07) is 20.8. The van der Waals surface area contributed by atoms with Gasteiger partial charge in [-0.1, -0.05) is 97.4 Å². The Morgan fingerprint density at radius 2 is 1.12 bits per heavy atom. The number of fused-ring (bicyclic) bond motifs is 7. The molecule has 4 aromatic heterocycles. The lowest BCUT2D eigenvalue weighted by molar-refractivity contribution is 0.946. The number of allylic oxidation sites excluding steroid dienone is 2. The van der Waals surface area contributed by atoms with Gasteiger partial charge in [-0.15, -0.1) is 22.7 Å². The maximum Gasteiger partial charge on any atom is 0.0854 e. The Labute approximate surface area is 259 Å². The molecule has 0 fully saturated rings. The van der Waals surface area contributed by atoms with Crippen LogP contribution in [0.3, 0.4) is 0 Å². The molecule has 0 spiro atoms. The first-order valence-electron chi connectivity index (χ1n) is 12.6. The van der Waals surface area contributed by atoms with Crippen molar-refractivity contribution in [2.24, 2.45) is 14.1 Å². The van der Waals surface area contributed by atoms with Crippen molar-refractivity contribution >= 4 is 134 Å². The van der Waals surface area contributed by atoms with Crippen LogP contribution in [0.15, 0.2) is 71.8 Å². The van der Waals surface area contributed by atoms with Crippen LogP contribution in [0.4, 0.5) is 0 Å². The summed E-state index contributed by atoms with van der Waals surface area (Å²) in [5.74, 6) is 0. The molecular weight excluding hydrogens is 605 g/mol. The van der Waals surface area contributed by atoms with Crippen molar-refractivity contribution in [2.75, 3.05) is 0 Å². The molecule has 4 heterocycles. The monoisotopic (exact) mass is 622 g/mol. The Kier molecular flexibility index (Phi) is 5.43. The summed E-state index contributed by atoms with van der Waals surface area (Å²) in [5.41, 5.74) is 11.0. The number of aryl methyl sites for hydroxylation is 2. The summed E-state index contributed by atoms with van der Waals surface area (Å²) < 4.78 is 8.46. The van der Waals surface area contributed by atoms with Crippen LogP contribution in [0.2, 0.25) is 0 Å². The molecule has 0 bridgehead atoms. The SMILES string of the molecule is Cn1c(C=C2C(=S)c3ccccc3C2=S)cc2sc3c4sc(C=C5C(=S)c6ccccc6C5=S)cc4n(C)c3c21. The van der Waals surface area contributed by atoms with E-state index in [1.165, 1.54) is 35.5 Å². The molecule has 8 rings (SSSR count). The fourth-order valence-electron chi connectivity index (χ4n) is 5.92. The fraction of sp³-hybridized carbons (Fsp3) is 0.0625. The van der Waals surface area contributed by atoms with Gasteiger partial charge in [0.1, 0.15) is 0 Å². The number of benzene rings is 2. The highest BCUT2D eigenvalue weighted by molar-refractivity contribution is 7.84. The first kappa shape index (κ1) is 24.8. The molecule has 0 aliphatic heterocycles. The van der Waals surface area contributed by atoms with Gasteiger partial charge in [-0.05, 0) is 24.3 Å². The van der Waals surface area contributed by atoms with Gasteiger partial charge in [0.05, 0.1) is 50.1 Å². The van der Waals surface area contributed by atoms with E-state index in [-0.39, 0.29) is 0 Å². The second kappa shape index (κ2) is 8.76. The Morgan fingerprint density at radius 1 is 0.600 bits per heavy atom. The van der Waals surface area contributed by atoms with Gasteiger partial charge in [-0.3, -0.25) is 0 Å². The number of nitrogens with zero attached hydrogens (tertiary/aromatic N) is 2. The maximum atomic E-state index is 5.82. The predicted octanol–water partition coefficient (Wildman–Crippen LogP) is 9.01. The van der Waals surface area contributed by atoms with Crippen molar-refractivity contribution < 1.29 is 0 Å². The second-order valence-corrected chi connectivity index (χ2v) is 13.8. The lowest BCUT2D eigenvalue weighted by Gasteiger charge is -2.03. The Balaban J connectivity index is 1.23. The molecule has 0 amide bonds. The van der Waals surface area contributed by atoms with E-state index in [1.807, 2.05) is 35.6 Å². The van der Waals surface area contributed by atoms with Crippen molar-refractivity contribution in [1.82, 2.24) is 9.13 Å². The number of rotatable bonds is 2. The molecule has 40 heavy (non-hydrogen) atoms. The van der Waals surface area contributed by atoms with E-state index >= 15 is 0 Å². The van der Waals surface area contributed by atoms with E-state index in [9.17, 15) is 0 Å². The first-order valence-corrected chi connectivity index (χ1v) is 15.9. The first-order chi connectivity index (χ1) is 19.3. The van der Waals surface area contributed by atoms with Crippen LogP contribution in [-0.4, -0.2) is 28.6 Å². The van der Waals surface area contributed by atoms with E-state index in [0.29, 0.717) is 0 Å². The average Bonchev–Trinajstić information content (AvgIpc) is 3.76. The number of hydrogen-bond donors (Lipinski definition) is 0. The van der Waals surface area contributed by atoms with Crippen LogP contribution in [-0.2, 0) is 14.1 Å². The minimum atomic E-state index is 0.834. The highest BCUT2D eigenvalue weighted by atomic mass is 32.1. The van der Waals surface area contributed by atoms with Gasteiger partial charge in [0.25, 0.3) is 0 Å². The third-order valence-corrected chi connectivity index (χ3v) is 12.0. The van der Waals surface area contributed by atoms with E-state index in [0.717, 1.165) is 58.6 Å². The number of thiocarbonyl (C=S) groups is 4. The predicted molar refractivity (Wildman–Crippen MR) is 188 cm³/mol. The van der Waals surface area contributed by atoms with Crippen molar-refractivity contribution in [1.29, 1.82) is 0 Å². The molecule has 0 atom stereocenters. The lowest BCUT2D eigenvalue weighted by Crippen LogP contribution is -2.00. The molecule has 2 aromatic carbocycles. The number of aromatic nitrogens is 2. The Morgan fingerprint density at radius 3 is 1.68 bits per heavy atom. The summed E-state index contributed by atoms with van der Waals surface area (Å²) in [6.45, 7) is 0. The van der Waals surface area contributed by atoms with Crippen molar-refractivity contribution in [3.8, 4) is 0 Å². The van der Waals surface area contributed by atoms with Gasteiger partial charge in [0, 0.05) is 58.1 Å². The van der Waals surface area contributed by atoms with E-state index < -0.39 is 0 Å². The van der Waals surface area contributed by atoms with Crippen LogP contribution >= 0.6 is 71.5 Å². The molecule has 0 N–H and O–H groups in total. The fourth-order valence-corrected chi connectivity index (χ4v) is 9.98. The number of hydrogen-bond acceptors (Lipinski definition) is 6. The van der Waals surface area contributed by atoms with Gasteiger partial charge >= 0.3 is 0 Å². The highest BCUT2D eigenvalue weighted by Gasteiger charge is 2.28. The maximum absolute atomic E-state index is 5.82. The second-order valence-electron chi connectivity index (χ2n) is 10.1. The Hall–Kier alpha value is -2.98. The molecule has 0 saturated heterocycles. The molecule has 0 radical (unpaired) electrons. The molecule has 6 aromatic rings. The minimum Gasteiger partial charge on any atom is -0.342 e. The van der Waals surface area contributed by atoms with Crippen molar-refractivity contribution in [2.45, 2.75) is 0 Å². The van der Waals surface area contributed by atoms with Crippen molar-refractivity contribution in [3.63, 3.8) is 0 Å². The largest absolute Gasteiger partial charge is 0.342 e. The van der Waals surface area contributed by atoms with Crippen molar-refractivity contribution in [3.05, 3.63) is 105 Å². The van der Waals surface area contributed by atoms with E-state index in [2.05, 4.69) is 71.8 Å². The van der Waals surface area contributed by atoms with Gasteiger partial charge in [-0.2, -0.15) is 0 Å². The Bertz CT molecular complexity index is 2180. The molecule has 0 saturated carbocycles. The standard InChI is InChI=1S/C32H18N2S6/c1-33-15(11-21-27(35)17-7-3-4-8-18(17)28(21)36)12-24-25(33)26-32(40-24)31-23(34(26)2)14-16(39-31)13-22-29(37)19-9-5-6-10-20(19)30(22)38/h3-14H,1-2H3. The van der Waals surface area contributed by atoms with Crippen LogP contribution in [0.1, 0.15) is 32.8 Å². The average molecular weight is 623 g/mol. The zero-order valence-corrected chi connectivity index (χ0v) is 26.2. The van der Waals surface area contributed by atoms with Crippen LogP contribution in [0, 0.1) is 0 Å². The normalized spacial score (nSPS) is 14.8. The van der Waals surface area contributed by atoms with Gasteiger partial charge in [0.2, 0.25) is 0 Å². The van der Waals surface area contributed by atoms with E-state index in [1.54, 1.807) is 11.3 Å². The zero-order valence-electron chi connectivity index (χ0n) is 21.3. The molecule has 2 aliphatic carbocycles.